The van der Waals surface area contributed by atoms with Gasteiger partial charge in [-0.1, -0.05) is 0 Å². The highest BCUT2D eigenvalue weighted by molar-refractivity contribution is 5.65. The second-order valence-corrected chi connectivity index (χ2v) is 7.45. The summed E-state index contributed by atoms with van der Waals surface area (Å²) in [5.74, 6) is -0.172. The average Bonchev–Trinajstić information content (AvgIpc) is 3.15. The van der Waals surface area contributed by atoms with Crippen LogP contribution >= 0.6 is 0 Å². The Morgan fingerprint density at radius 3 is 2.34 bits per heavy atom. The largest absolute Gasteiger partial charge is 0.417 e. The maximum atomic E-state index is 13.1. The Hall–Kier alpha value is -3.38. The first-order valence-corrected chi connectivity index (χ1v) is 9.47. The van der Waals surface area contributed by atoms with Gasteiger partial charge >= 0.3 is 12.4 Å². The molecule has 1 fully saturated rings. The second kappa shape index (κ2) is 7.64. The highest BCUT2D eigenvalue weighted by Gasteiger charge is 2.36. The summed E-state index contributed by atoms with van der Waals surface area (Å²) < 4.78 is 79.5. The number of nitro benzene ring substituents is 1. The minimum atomic E-state index is -4.73. The molecule has 7 nitrogen and oxygen atoms in total. The lowest BCUT2D eigenvalue weighted by molar-refractivity contribution is -0.384. The van der Waals surface area contributed by atoms with Crippen molar-refractivity contribution in [1.29, 1.82) is 0 Å². The number of fused-ring (bicyclic) bond motifs is 1. The average molecular weight is 459 g/mol. The molecular formula is C19H15F6N5O2. The van der Waals surface area contributed by atoms with Gasteiger partial charge in [-0.25, -0.2) is 0 Å². The van der Waals surface area contributed by atoms with Crippen molar-refractivity contribution >= 4 is 17.0 Å². The summed E-state index contributed by atoms with van der Waals surface area (Å²) in [7, 11) is 0. The van der Waals surface area contributed by atoms with Gasteiger partial charge in [0.05, 0.1) is 16.1 Å². The second-order valence-electron chi connectivity index (χ2n) is 7.45. The number of piperidine rings is 1. The molecule has 1 aliphatic rings. The molecule has 2 aromatic heterocycles. The van der Waals surface area contributed by atoms with E-state index in [4.69, 9.17) is 0 Å². The first-order valence-electron chi connectivity index (χ1n) is 9.47. The molecule has 0 spiro atoms. The maximum absolute atomic E-state index is 13.1. The molecule has 0 N–H and O–H groups in total. The number of anilines is 1. The molecule has 0 bridgehead atoms. The van der Waals surface area contributed by atoms with E-state index in [2.05, 4.69) is 10.2 Å². The smallest absolute Gasteiger partial charge is 0.365 e. The van der Waals surface area contributed by atoms with Gasteiger partial charge in [-0.2, -0.15) is 26.3 Å². The number of hydrogen-bond donors (Lipinski definition) is 0. The Morgan fingerprint density at radius 1 is 1.00 bits per heavy atom. The number of nitro groups is 1. The highest BCUT2D eigenvalue weighted by Crippen LogP contribution is 2.39. The zero-order chi connectivity index (χ0) is 23.3. The van der Waals surface area contributed by atoms with Crippen molar-refractivity contribution in [3.05, 3.63) is 63.6 Å². The predicted octanol–water partition coefficient (Wildman–Crippen LogP) is 5.06. The van der Waals surface area contributed by atoms with Crippen LogP contribution in [0.25, 0.3) is 5.65 Å². The molecule has 3 heterocycles. The van der Waals surface area contributed by atoms with Crippen molar-refractivity contribution in [3.63, 3.8) is 0 Å². The molecule has 3 aromatic rings. The van der Waals surface area contributed by atoms with E-state index in [1.54, 1.807) is 4.90 Å². The number of hydrogen-bond acceptors (Lipinski definition) is 5. The highest BCUT2D eigenvalue weighted by atomic mass is 19.4. The number of rotatable bonds is 3. The van der Waals surface area contributed by atoms with E-state index in [1.165, 1.54) is 10.5 Å². The van der Waals surface area contributed by atoms with Crippen LogP contribution in [0.3, 0.4) is 0 Å². The molecule has 1 aromatic carbocycles. The van der Waals surface area contributed by atoms with Gasteiger partial charge < -0.3 is 4.90 Å². The molecule has 1 saturated heterocycles. The van der Waals surface area contributed by atoms with Gasteiger partial charge in [-0.3, -0.25) is 14.5 Å². The van der Waals surface area contributed by atoms with Crippen molar-refractivity contribution in [2.24, 2.45) is 0 Å². The molecule has 0 saturated carbocycles. The van der Waals surface area contributed by atoms with E-state index < -0.39 is 40.0 Å². The first kappa shape index (κ1) is 21.8. The van der Waals surface area contributed by atoms with Gasteiger partial charge in [0.25, 0.3) is 5.69 Å². The fourth-order valence-electron chi connectivity index (χ4n) is 3.87. The number of pyridine rings is 1. The zero-order valence-electron chi connectivity index (χ0n) is 16.2. The van der Waals surface area contributed by atoms with E-state index >= 15 is 0 Å². The van der Waals surface area contributed by atoms with Gasteiger partial charge in [0, 0.05) is 31.3 Å². The van der Waals surface area contributed by atoms with Crippen molar-refractivity contribution in [1.82, 2.24) is 14.6 Å². The predicted molar refractivity (Wildman–Crippen MR) is 100 cm³/mol. The molecule has 0 aliphatic carbocycles. The van der Waals surface area contributed by atoms with E-state index in [0.717, 1.165) is 24.4 Å². The van der Waals surface area contributed by atoms with Crippen molar-refractivity contribution < 1.29 is 31.3 Å². The summed E-state index contributed by atoms with van der Waals surface area (Å²) in [5.41, 5.74) is -2.48. The fourth-order valence-corrected chi connectivity index (χ4v) is 3.87. The van der Waals surface area contributed by atoms with Gasteiger partial charge in [-0.05, 0) is 37.1 Å². The lowest BCUT2D eigenvalue weighted by atomic mass is 9.96. The van der Waals surface area contributed by atoms with Crippen LogP contribution < -0.4 is 4.90 Å². The molecule has 13 heteroatoms. The van der Waals surface area contributed by atoms with Crippen molar-refractivity contribution in [2.75, 3.05) is 18.0 Å². The normalized spacial score (nSPS) is 17.7. The van der Waals surface area contributed by atoms with Crippen LogP contribution in [0.5, 0.6) is 0 Å². The molecular weight excluding hydrogens is 444 g/mol. The molecule has 1 atom stereocenters. The zero-order valence-corrected chi connectivity index (χ0v) is 16.2. The van der Waals surface area contributed by atoms with Crippen LogP contribution in [0.2, 0.25) is 0 Å². The SMILES string of the molecule is O=[N+]([O-])c1cc(C(F)(F)F)ccc1N1CCCC(c2nnc3ccc(C(F)(F)F)cn23)C1. The summed E-state index contributed by atoms with van der Waals surface area (Å²) in [6.45, 7) is 0.469. The molecule has 1 unspecified atom stereocenters. The van der Waals surface area contributed by atoms with Crippen LogP contribution in [0.1, 0.15) is 35.7 Å². The molecule has 4 rings (SSSR count). The number of aromatic nitrogens is 3. The van der Waals surface area contributed by atoms with Gasteiger partial charge in [0.1, 0.15) is 11.5 Å². The van der Waals surface area contributed by atoms with Crippen LogP contribution in [-0.2, 0) is 12.4 Å². The van der Waals surface area contributed by atoms with Crippen LogP contribution in [0.15, 0.2) is 36.5 Å². The minimum absolute atomic E-state index is 0.0116. The van der Waals surface area contributed by atoms with Gasteiger partial charge in [0.15, 0.2) is 5.65 Å². The summed E-state index contributed by atoms with van der Waals surface area (Å²) >= 11 is 0. The summed E-state index contributed by atoms with van der Waals surface area (Å²) in [4.78, 5) is 12.1. The van der Waals surface area contributed by atoms with Crippen LogP contribution in [0, 0.1) is 10.1 Å². The third-order valence-corrected chi connectivity index (χ3v) is 5.38. The number of alkyl halides is 6. The van der Waals surface area contributed by atoms with Crippen molar-refractivity contribution in [3.8, 4) is 0 Å². The lowest BCUT2D eigenvalue weighted by Gasteiger charge is -2.33. The summed E-state index contributed by atoms with van der Waals surface area (Å²) in [5, 5.41) is 19.3. The van der Waals surface area contributed by atoms with Crippen molar-refractivity contribution in [2.45, 2.75) is 31.1 Å². The lowest BCUT2D eigenvalue weighted by Crippen LogP contribution is -2.35. The summed E-state index contributed by atoms with van der Waals surface area (Å²) in [6.07, 6.45) is -7.36. The fraction of sp³-hybridized carbons (Fsp3) is 0.368. The van der Waals surface area contributed by atoms with Gasteiger partial charge in [0.2, 0.25) is 0 Å². The monoisotopic (exact) mass is 459 g/mol. The minimum Gasteiger partial charge on any atom is -0.365 e. The third-order valence-electron chi connectivity index (χ3n) is 5.38. The maximum Gasteiger partial charge on any atom is 0.417 e. The van der Waals surface area contributed by atoms with E-state index in [9.17, 15) is 36.5 Å². The molecule has 0 amide bonds. The van der Waals surface area contributed by atoms with Crippen LogP contribution in [0.4, 0.5) is 37.7 Å². The molecule has 1 aliphatic heterocycles. The Kier molecular flexibility index (Phi) is 5.21. The Morgan fingerprint density at radius 2 is 1.69 bits per heavy atom. The quantitative estimate of drug-likeness (QED) is 0.311. The Bertz CT molecular complexity index is 1170. The first-order chi connectivity index (χ1) is 14.9. The molecule has 32 heavy (non-hydrogen) atoms. The summed E-state index contributed by atoms with van der Waals surface area (Å²) in [6, 6.07) is 4.40. The number of halogens is 6. The Balaban J connectivity index is 1.68. The van der Waals surface area contributed by atoms with E-state index in [0.29, 0.717) is 25.5 Å². The third kappa shape index (κ3) is 4.06. The van der Waals surface area contributed by atoms with E-state index in [1.807, 2.05) is 0 Å². The molecule has 170 valence electrons. The molecule has 0 radical (unpaired) electrons. The number of benzene rings is 1. The number of nitrogens with zero attached hydrogens (tertiary/aromatic N) is 5. The van der Waals surface area contributed by atoms with Gasteiger partial charge in [-0.15, -0.1) is 10.2 Å². The topological polar surface area (TPSA) is 76.6 Å². The Labute approximate surface area is 176 Å². The van der Waals surface area contributed by atoms with E-state index in [-0.39, 0.29) is 23.7 Å². The standard InChI is InChI=1S/C19H15F6N5O2/c20-18(21,22)12-3-5-14(15(8-12)30(31)32)28-7-1-2-11(9-28)17-27-26-16-6-4-13(10-29(16)17)19(23,24)25/h3-6,8,10-11H,1-2,7,9H2. The van der Waals surface area contributed by atoms with Crippen LogP contribution in [-0.4, -0.2) is 32.6 Å².